The molecule has 0 spiro atoms. The Morgan fingerprint density at radius 1 is 0.893 bits per heavy atom. The predicted molar refractivity (Wildman–Crippen MR) is 117 cm³/mol. The van der Waals surface area contributed by atoms with Crippen molar-refractivity contribution in [1.29, 1.82) is 0 Å². The quantitative estimate of drug-likeness (QED) is 0.301. The Balaban J connectivity index is 1.53. The van der Waals surface area contributed by atoms with Crippen molar-refractivity contribution >= 4 is 39.4 Å². The van der Waals surface area contributed by atoms with Crippen molar-refractivity contribution in [2.24, 2.45) is 5.10 Å². The Hall–Kier alpha value is -3.66. The van der Waals surface area contributed by atoms with Gasteiger partial charge in [0.1, 0.15) is 0 Å². The zero-order chi connectivity index (χ0) is 19.3. The van der Waals surface area contributed by atoms with E-state index in [1.807, 2.05) is 55.5 Å². The van der Waals surface area contributed by atoms with Gasteiger partial charge in [-0.3, -0.25) is 4.79 Å². The van der Waals surface area contributed by atoms with Gasteiger partial charge >= 0.3 is 0 Å². The molecule has 0 saturated heterocycles. The highest BCUT2D eigenvalue weighted by atomic mass is 16.2. The summed E-state index contributed by atoms with van der Waals surface area (Å²) in [5.41, 5.74) is 5.66. The van der Waals surface area contributed by atoms with E-state index in [1.165, 1.54) is 0 Å². The second-order valence-corrected chi connectivity index (χ2v) is 6.69. The normalized spacial score (nSPS) is 11.2. The second kappa shape index (κ2) is 7.92. The van der Waals surface area contributed by atoms with Crippen LogP contribution in [0.15, 0.2) is 84.0 Å². The average molecular weight is 367 g/mol. The predicted octanol–water partition coefficient (Wildman–Crippen LogP) is 4.86. The minimum absolute atomic E-state index is 0.165. The Morgan fingerprint density at radius 3 is 2.18 bits per heavy atom. The van der Waals surface area contributed by atoms with E-state index < -0.39 is 0 Å². The maximum Gasteiger partial charge on any atom is 0.259 e. The number of hydrogen-bond donors (Lipinski definition) is 2. The molecule has 0 aromatic heterocycles. The summed E-state index contributed by atoms with van der Waals surface area (Å²) in [5.74, 6) is -0.191. The summed E-state index contributed by atoms with van der Waals surface area (Å²) in [6.45, 7) is 2.17. The minimum Gasteiger partial charge on any atom is -0.376 e. The molecule has 0 radical (unpaired) electrons. The molecule has 4 heteroatoms. The number of nitrogens with one attached hydrogen (secondary N) is 2. The summed E-state index contributed by atoms with van der Waals surface area (Å²) < 4.78 is 0. The molecule has 0 aliphatic carbocycles. The van der Waals surface area contributed by atoms with Crippen LogP contribution in [0, 0.1) is 6.92 Å². The molecule has 4 aromatic rings. The smallest absolute Gasteiger partial charge is 0.259 e. The Bertz CT molecular complexity index is 1130. The highest BCUT2D eigenvalue weighted by Gasteiger charge is 2.06. The van der Waals surface area contributed by atoms with Gasteiger partial charge < -0.3 is 5.32 Å². The number of amides is 1. The Labute approximate surface area is 163 Å². The van der Waals surface area contributed by atoms with Crippen molar-refractivity contribution in [3.05, 3.63) is 90.0 Å². The third kappa shape index (κ3) is 3.71. The molecule has 28 heavy (non-hydrogen) atoms. The molecule has 0 aliphatic rings. The monoisotopic (exact) mass is 367 g/mol. The van der Waals surface area contributed by atoms with E-state index in [2.05, 4.69) is 46.2 Å². The zero-order valence-corrected chi connectivity index (χ0v) is 15.6. The van der Waals surface area contributed by atoms with Crippen molar-refractivity contribution in [3.8, 4) is 0 Å². The number of carbonyl (C=O) groups excluding carboxylic acids is 1. The van der Waals surface area contributed by atoms with E-state index in [-0.39, 0.29) is 12.5 Å². The van der Waals surface area contributed by atoms with Gasteiger partial charge in [0, 0.05) is 11.3 Å². The number of hydrogen-bond acceptors (Lipinski definition) is 3. The Morgan fingerprint density at radius 2 is 1.50 bits per heavy atom. The maximum absolute atomic E-state index is 12.2. The molecule has 4 rings (SSSR count). The third-order valence-corrected chi connectivity index (χ3v) is 4.78. The lowest BCUT2D eigenvalue weighted by atomic mass is 9.97. The maximum atomic E-state index is 12.2. The van der Waals surface area contributed by atoms with E-state index in [0.717, 1.165) is 38.4 Å². The summed E-state index contributed by atoms with van der Waals surface area (Å²) in [5, 5.41) is 11.9. The van der Waals surface area contributed by atoms with Crippen LogP contribution in [-0.2, 0) is 4.79 Å². The van der Waals surface area contributed by atoms with Crippen LogP contribution in [0.5, 0.6) is 0 Å². The van der Waals surface area contributed by atoms with Gasteiger partial charge in [0.15, 0.2) is 0 Å². The van der Waals surface area contributed by atoms with Crippen LogP contribution in [0.1, 0.15) is 11.1 Å². The summed E-state index contributed by atoms with van der Waals surface area (Å²) >= 11 is 0. The van der Waals surface area contributed by atoms with Crippen LogP contribution < -0.4 is 10.7 Å². The van der Waals surface area contributed by atoms with Crippen molar-refractivity contribution in [3.63, 3.8) is 0 Å². The van der Waals surface area contributed by atoms with E-state index in [0.29, 0.717) is 0 Å². The van der Waals surface area contributed by atoms with E-state index in [4.69, 9.17) is 0 Å². The fourth-order valence-electron chi connectivity index (χ4n) is 3.34. The lowest BCUT2D eigenvalue weighted by Crippen LogP contribution is -2.26. The van der Waals surface area contributed by atoms with Gasteiger partial charge in [0.2, 0.25) is 0 Å². The summed E-state index contributed by atoms with van der Waals surface area (Å²) in [6.07, 6.45) is 1.73. The van der Waals surface area contributed by atoms with Gasteiger partial charge in [0.25, 0.3) is 5.91 Å². The first-order chi connectivity index (χ1) is 13.7. The highest BCUT2D eigenvalue weighted by molar-refractivity contribution is 6.13. The largest absolute Gasteiger partial charge is 0.376 e. The molecule has 0 bridgehead atoms. The third-order valence-electron chi connectivity index (χ3n) is 4.78. The number of benzene rings is 4. The lowest BCUT2D eigenvalue weighted by Gasteiger charge is -2.09. The number of hydrazone groups is 1. The van der Waals surface area contributed by atoms with Gasteiger partial charge in [-0.25, -0.2) is 5.43 Å². The number of fused-ring (bicyclic) bond motifs is 2. The van der Waals surface area contributed by atoms with Gasteiger partial charge in [-0.15, -0.1) is 0 Å². The summed E-state index contributed by atoms with van der Waals surface area (Å²) in [7, 11) is 0. The van der Waals surface area contributed by atoms with Crippen LogP contribution in [0.4, 0.5) is 5.69 Å². The zero-order valence-electron chi connectivity index (χ0n) is 15.6. The average Bonchev–Trinajstić information content (AvgIpc) is 2.72. The van der Waals surface area contributed by atoms with Crippen LogP contribution in [-0.4, -0.2) is 18.7 Å². The molecular formula is C24H21N3O. The van der Waals surface area contributed by atoms with Crippen LogP contribution in [0.3, 0.4) is 0 Å². The molecule has 138 valence electrons. The molecule has 0 aliphatic heterocycles. The molecule has 0 heterocycles. The standard InChI is InChI=1S/C24H21N3O/c1-17-8-2-7-13-23(17)25-16-24(28)27-26-15-22-20-11-5-3-9-18(20)14-19-10-4-6-12-21(19)22/h2-15,25H,16H2,1H3,(H,27,28)/b26-15+. The first kappa shape index (κ1) is 17.7. The fraction of sp³-hybridized carbons (Fsp3) is 0.0833. The molecule has 0 atom stereocenters. The number of aryl methyl sites for hydroxylation is 1. The van der Waals surface area contributed by atoms with Crippen LogP contribution in [0.2, 0.25) is 0 Å². The number of nitrogens with zero attached hydrogens (tertiary/aromatic N) is 1. The first-order valence-corrected chi connectivity index (χ1v) is 9.24. The van der Waals surface area contributed by atoms with Crippen molar-refractivity contribution in [1.82, 2.24) is 5.43 Å². The molecule has 0 unspecified atom stereocenters. The summed E-state index contributed by atoms with van der Waals surface area (Å²) in [6, 6.07) is 26.4. The molecule has 4 aromatic carbocycles. The number of anilines is 1. The number of para-hydroxylation sites is 1. The fourth-order valence-corrected chi connectivity index (χ4v) is 3.34. The van der Waals surface area contributed by atoms with E-state index in [1.54, 1.807) is 6.21 Å². The molecule has 0 saturated carbocycles. The van der Waals surface area contributed by atoms with Gasteiger partial charge in [-0.05, 0) is 46.2 Å². The van der Waals surface area contributed by atoms with Crippen LogP contribution >= 0.6 is 0 Å². The number of carbonyl (C=O) groups is 1. The number of rotatable bonds is 5. The van der Waals surface area contributed by atoms with Crippen LogP contribution in [0.25, 0.3) is 21.5 Å². The second-order valence-electron chi connectivity index (χ2n) is 6.69. The van der Waals surface area contributed by atoms with Crippen molar-refractivity contribution in [2.75, 3.05) is 11.9 Å². The first-order valence-electron chi connectivity index (χ1n) is 9.24. The lowest BCUT2D eigenvalue weighted by molar-refractivity contribution is -0.119. The van der Waals surface area contributed by atoms with E-state index in [9.17, 15) is 4.79 Å². The van der Waals surface area contributed by atoms with Gasteiger partial charge in [0.05, 0.1) is 12.8 Å². The highest BCUT2D eigenvalue weighted by Crippen LogP contribution is 2.27. The van der Waals surface area contributed by atoms with E-state index >= 15 is 0 Å². The minimum atomic E-state index is -0.191. The molecule has 4 nitrogen and oxygen atoms in total. The van der Waals surface area contributed by atoms with Crippen molar-refractivity contribution in [2.45, 2.75) is 6.92 Å². The van der Waals surface area contributed by atoms with Gasteiger partial charge in [-0.1, -0.05) is 66.7 Å². The SMILES string of the molecule is Cc1ccccc1NCC(=O)N/N=C/c1c2ccccc2cc2ccccc12. The van der Waals surface area contributed by atoms with Gasteiger partial charge in [-0.2, -0.15) is 5.10 Å². The Kier molecular flexibility index (Phi) is 5.02. The molecular weight excluding hydrogens is 346 g/mol. The summed E-state index contributed by atoms with van der Waals surface area (Å²) in [4.78, 5) is 12.2. The molecule has 1 amide bonds. The topological polar surface area (TPSA) is 53.5 Å². The molecule has 2 N–H and O–H groups in total. The van der Waals surface area contributed by atoms with Crippen molar-refractivity contribution < 1.29 is 4.79 Å². The molecule has 0 fully saturated rings.